The minimum Gasteiger partial charge on any atom is -0.484 e. The Morgan fingerprint density at radius 2 is 1.62 bits per heavy atom. The van der Waals surface area contributed by atoms with Crippen LogP contribution in [0.2, 0.25) is 0 Å². The summed E-state index contributed by atoms with van der Waals surface area (Å²) in [5, 5.41) is 0. The van der Waals surface area contributed by atoms with Gasteiger partial charge in [0.1, 0.15) is 11.5 Å². The van der Waals surface area contributed by atoms with Crippen molar-refractivity contribution < 1.29 is 19.1 Å². The first-order valence-corrected chi connectivity index (χ1v) is 9.12. The standard InChI is InChI=1S/C20H28N2O4/c1-15-5-7-18(16(2)13-15)26-14-20(25)22-10-4-9-21(11-12-22)19(24)8-6-17(3)23/h5,7,13H,4,6,8-12,14H2,1-3H3. The van der Waals surface area contributed by atoms with Gasteiger partial charge in [0, 0.05) is 39.0 Å². The predicted molar refractivity (Wildman–Crippen MR) is 99.1 cm³/mol. The molecule has 1 aliphatic rings. The number of hydrogen-bond donors (Lipinski definition) is 0. The average molecular weight is 360 g/mol. The molecule has 6 nitrogen and oxygen atoms in total. The van der Waals surface area contributed by atoms with E-state index in [2.05, 4.69) is 0 Å². The van der Waals surface area contributed by atoms with Crippen molar-refractivity contribution in [1.29, 1.82) is 0 Å². The van der Waals surface area contributed by atoms with Crippen molar-refractivity contribution in [2.24, 2.45) is 0 Å². The van der Waals surface area contributed by atoms with E-state index in [9.17, 15) is 14.4 Å². The van der Waals surface area contributed by atoms with Gasteiger partial charge in [-0.25, -0.2) is 0 Å². The van der Waals surface area contributed by atoms with Gasteiger partial charge in [-0.3, -0.25) is 9.59 Å². The third kappa shape index (κ3) is 5.86. The minimum absolute atomic E-state index is 0.00217. The molecule has 0 bridgehead atoms. The second kappa shape index (κ2) is 9.36. The van der Waals surface area contributed by atoms with Crippen LogP contribution >= 0.6 is 0 Å². The maximum absolute atomic E-state index is 12.4. The summed E-state index contributed by atoms with van der Waals surface area (Å²) in [4.78, 5) is 39.1. The van der Waals surface area contributed by atoms with Gasteiger partial charge in [-0.2, -0.15) is 0 Å². The van der Waals surface area contributed by atoms with E-state index in [-0.39, 0.29) is 37.0 Å². The number of ketones is 1. The summed E-state index contributed by atoms with van der Waals surface area (Å²) >= 11 is 0. The fraction of sp³-hybridized carbons (Fsp3) is 0.550. The molecule has 6 heteroatoms. The Balaban J connectivity index is 1.83. The fourth-order valence-corrected chi connectivity index (χ4v) is 3.05. The third-order valence-corrected chi connectivity index (χ3v) is 4.57. The van der Waals surface area contributed by atoms with Gasteiger partial charge in [0.05, 0.1) is 0 Å². The zero-order chi connectivity index (χ0) is 19.1. The Bertz CT molecular complexity index is 672. The molecular weight excluding hydrogens is 332 g/mol. The zero-order valence-electron chi connectivity index (χ0n) is 15.9. The smallest absolute Gasteiger partial charge is 0.260 e. The van der Waals surface area contributed by atoms with E-state index in [0.29, 0.717) is 26.2 Å². The Labute approximate surface area is 155 Å². The third-order valence-electron chi connectivity index (χ3n) is 4.57. The van der Waals surface area contributed by atoms with Crippen LogP contribution < -0.4 is 4.74 Å². The zero-order valence-corrected chi connectivity index (χ0v) is 15.9. The van der Waals surface area contributed by atoms with Crippen molar-refractivity contribution in [2.45, 2.75) is 40.0 Å². The molecule has 0 aliphatic carbocycles. The van der Waals surface area contributed by atoms with Crippen LogP contribution in [-0.2, 0) is 14.4 Å². The number of aryl methyl sites for hydroxylation is 2. The number of Topliss-reactive ketones (excluding diaryl/α,β-unsaturated/α-hetero) is 1. The SMILES string of the molecule is CC(=O)CCC(=O)N1CCCN(C(=O)COc2ccc(C)cc2C)CC1. The summed E-state index contributed by atoms with van der Waals surface area (Å²) in [5.41, 5.74) is 2.17. The van der Waals surface area contributed by atoms with Gasteiger partial charge in [0.2, 0.25) is 5.91 Å². The molecule has 2 amide bonds. The fourth-order valence-electron chi connectivity index (χ4n) is 3.05. The van der Waals surface area contributed by atoms with Gasteiger partial charge in [-0.05, 0) is 38.8 Å². The van der Waals surface area contributed by atoms with E-state index in [4.69, 9.17) is 4.74 Å². The Hall–Kier alpha value is -2.37. The molecule has 0 N–H and O–H groups in total. The first-order chi connectivity index (χ1) is 12.4. The monoisotopic (exact) mass is 360 g/mol. The molecule has 0 spiro atoms. The van der Waals surface area contributed by atoms with Gasteiger partial charge < -0.3 is 19.3 Å². The lowest BCUT2D eigenvalue weighted by atomic mass is 10.1. The number of carbonyl (C=O) groups excluding carboxylic acids is 3. The molecule has 1 heterocycles. The Morgan fingerprint density at radius 3 is 2.23 bits per heavy atom. The van der Waals surface area contributed by atoms with E-state index in [1.54, 1.807) is 9.80 Å². The summed E-state index contributed by atoms with van der Waals surface area (Å²) < 4.78 is 5.68. The number of benzene rings is 1. The van der Waals surface area contributed by atoms with E-state index in [0.717, 1.165) is 23.3 Å². The van der Waals surface area contributed by atoms with Crippen molar-refractivity contribution in [3.8, 4) is 5.75 Å². The molecule has 0 unspecified atom stereocenters. The number of hydrogen-bond acceptors (Lipinski definition) is 4. The van der Waals surface area contributed by atoms with Crippen molar-refractivity contribution in [3.05, 3.63) is 29.3 Å². The van der Waals surface area contributed by atoms with Crippen molar-refractivity contribution in [1.82, 2.24) is 9.80 Å². The molecule has 1 fully saturated rings. The van der Waals surface area contributed by atoms with Crippen LogP contribution in [0.4, 0.5) is 0 Å². The molecule has 1 aromatic carbocycles. The van der Waals surface area contributed by atoms with Gasteiger partial charge in [-0.15, -0.1) is 0 Å². The van der Waals surface area contributed by atoms with Crippen molar-refractivity contribution >= 4 is 17.6 Å². The van der Waals surface area contributed by atoms with Gasteiger partial charge in [0.15, 0.2) is 6.61 Å². The van der Waals surface area contributed by atoms with Crippen LogP contribution in [0.25, 0.3) is 0 Å². The van der Waals surface area contributed by atoms with Crippen LogP contribution in [0.5, 0.6) is 5.75 Å². The van der Waals surface area contributed by atoms with Crippen LogP contribution in [-0.4, -0.2) is 60.2 Å². The number of amides is 2. The number of ether oxygens (including phenoxy) is 1. The molecule has 2 rings (SSSR count). The molecular formula is C20H28N2O4. The van der Waals surface area contributed by atoms with Crippen molar-refractivity contribution in [3.63, 3.8) is 0 Å². The van der Waals surface area contributed by atoms with E-state index < -0.39 is 0 Å². The quantitative estimate of drug-likeness (QED) is 0.779. The number of rotatable bonds is 6. The van der Waals surface area contributed by atoms with E-state index in [1.807, 2.05) is 32.0 Å². The van der Waals surface area contributed by atoms with Crippen LogP contribution in [0.15, 0.2) is 18.2 Å². The molecule has 1 saturated heterocycles. The first-order valence-electron chi connectivity index (χ1n) is 9.12. The summed E-state index contributed by atoms with van der Waals surface area (Å²) in [7, 11) is 0. The number of carbonyl (C=O) groups is 3. The Kier molecular flexibility index (Phi) is 7.18. The van der Waals surface area contributed by atoms with Crippen molar-refractivity contribution in [2.75, 3.05) is 32.8 Å². The summed E-state index contributed by atoms with van der Waals surface area (Å²) in [6, 6.07) is 5.87. The first kappa shape index (κ1) is 19.9. The summed E-state index contributed by atoms with van der Waals surface area (Å²) in [6.07, 6.45) is 1.27. The summed E-state index contributed by atoms with van der Waals surface area (Å²) in [5.74, 6) is 0.664. The molecule has 142 valence electrons. The molecule has 26 heavy (non-hydrogen) atoms. The minimum atomic E-state index is -0.0667. The maximum Gasteiger partial charge on any atom is 0.260 e. The van der Waals surface area contributed by atoms with Gasteiger partial charge >= 0.3 is 0 Å². The van der Waals surface area contributed by atoms with Gasteiger partial charge in [-0.1, -0.05) is 17.7 Å². The molecule has 0 radical (unpaired) electrons. The van der Waals surface area contributed by atoms with Gasteiger partial charge in [0.25, 0.3) is 5.91 Å². The molecule has 0 atom stereocenters. The lowest BCUT2D eigenvalue weighted by Crippen LogP contribution is -2.39. The van der Waals surface area contributed by atoms with Crippen LogP contribution in [0.1, 0.15) is 37.3 Å². The number of nitrogens with zero attached hydrogens (tertiary/aromatic N) is 2. The molecule has 1 aromatic rings. The largest absolute Gasteiger partial charge is 0.484 e. The van der Waals surface area contributed by atoms with E-state index >= 15 is 0 Å². The topological polar surface area (TPSA) is 66.9 Å². The Morgan fingerprint density at radius 1 is 0.962 bits per heavy atom. The highest BCUT2D eigenvalue weighted by molar-refractivity contribution is 5.83. The van der Waals surface area contributed by atoms with Crippen LogP contribution in [0.3, 0.4) is 0 Å². The highest BCUT2D eigenvalue weighted by Crippen LogP contribution is 2.18. The normalized spacial score (nSPS) is 14.7. The highest BCUT2D eigenvalue weighted by Gasteiger charge is 2.22. The highest BCUT2D eigenvalue weighted by atomic mass is 16.5. The van der Waals surface area contributed by atoms with Crippen LogP contribution in [0, 0.1) is 13.8 Å². The lowest BCUT2D eigenvalue weighted by Gasteiger charge is -2.22. The molecule has 0 aromatic heterocycles. The lowest BCUT2D eigenvalue weighted by molar-refractivity contribution is -0.135. The van der Waals surface area contributed by atoms with E-state index in [1.165, 1.54) is 6.92 Å². The average Bonchev–Trinajstić information content (AvgIpc) is 2.85. The second-order valence-electron chi connectivity index (χ2n) is 6.87. The molecule has 1 aliphatic heterocycles. The second-order valence-corrected chi connectivity index (χ2v) is 6.87. The molecule has 0 saturated carbocycles. The summed E-state index contributed by atoms with van der Waals surface area (Å²) in [6.45, 7) is 7.72. The predicted octanol–water partition coefficient (Wildman–Crippen LogP) is 2.11. The maximum atomic E-state index is 12.4.